The van der Waals surface area contributed by atoms with Crippen LogP contribution < -0.4 is 4.90 Å². The normalized spacial score (nSPS) is 22.0. The fourth-order valence-corrected chi connectivity index (χ4v) is 4.43. The minimum atomic E-state index is -0.468. The van der Waals surface area contributed by atoms with Crippen LogP contribution in [0.25, 0.3) is 11.4 Å². The molecule has 8 heteroatoms. The number of aldehydes is 1. The number of anilines is 1. The van der Waals surface area contributed by atoms with E-state index in [9.17, 15) is 9.59 Å². The van der Waals surface area contributed by atoms with Crippen molar-refractivity contribution in [2.75, 3.05) is 64.4 Å². The van der Waals surface area contributed by atoms with Crippen LogP contribution in [0.5, 0.6) is 0 Å². The summed E-state index contributed by atoms with van der Waals surface area (Å²) in [6, 6.07) is 10.1. The van der Waals surface area contributed by atoms with Crippen molar-refractivity contribution in [3.05, 3.63) is 42.7 Å². The summed E-state index contributed by atoms with van der Waals surface area (Å²) in [5, 5.41) is 0. The molecule has 3 heterocycles. The Bertz CT molecular complexity index is 884. The summed E-state index contributed by atoms with van der Waals surface area (Å²) in [6.45, 7) is 5.13. The Morgan fingerprint density at radius 1 is 1.10 bits per heavy atom. The molecule has 2 aliphatic heterocycles. The Kier molecular flexibility index (Phi) is 6.58. The number of methoxy groups -OCH3 is 1. The molecule has 8 nitrogen and oxygen atoms in total. The van der Waals surface area contributed by atoms with Crippen molar-refractivity contribution in [1.29, 1.82) is 0 Å². The third kappa shape index (κ3) is 4.91. The average Bonchev–Trinajstić information content (AvgIpc) is 3.23. The first kappa shape index (κ1) is 21.4. The zero-order valence-electron chi connectivity index (χ0n) is 17.9. The van der Waals surface area contributed by atoms with Crippen LogP contribution in [0.1, 0.15) is 6.42 Å². The first-order chi connectivity index (χ1) is 15.1. The lowest BCUT2D eigenvalue weighted by atomic mass is 9.90. The zero-order chi connectivity index (χ0) is 21.7. The van der Waals surface area contributed by atoms with Crippen molar-refractivity contribution in [2.45, 2.75) is 6.42 Å². The molecule has 1 unspecified atom stereocenters. The Morgan fingerprint density at radius 3 is 2.45 bits per heavy atom. The summed E-state index contributed by atoms with van der Waals surface area (Å²) in [4.78, 5) is 39.2. The van der Waals surface area contributed by atoms with Crippen LogP contribution in [0.4, 0.5) is 5.69 Å². The highest BCUT2D eigenvalue weighted by molar-refractivity contribution is 5.79. The summed E-state index contributed by atoms with van der Waals surface area (Å²) in [6.07, 6.45) is 5.22. The maximum atomic E-state index is 12.8. The number of likely N-dealkylation sites (tertiary alicyclic amines) is 1. The van der Waals surface area contributed by atoms with Gasteiger partial charge >= 0.3 is 0 Å². The van der Waals surface area contributed by atoms with Crippen LogP contribution in [0, 0.1) is 5.41 Å². The second-order valence-electron chi connectivity index (χ2n) is 8.36. The molecule has 0 radical (unpaired) electrons. The van der Waals surface area contributed by atoms with Gasteiger partial charge in [-0.15, -0.1) is 0 Å². The molecule has 31 heavy (non-hydrogen) atoms. The molecule has 1 aromatic carbocycles. The molecule has 2 fully saturated rings. The van der Waals surface area contributed by atoms with Gasteiger partial charge in [-0.05, 0) is 43.3 Å². The van der Waals surface area contributed by atoms with E-state index in [1.165, 1.54) is 0 Å². The summed E-state index contributed by atoms with van der Waals surface area (Å²) >= 11 is 0. The molecule has 1 amide bonds. The number of amides is 1. The second kappa shape index (κ2) is 9.53. The van der Waals surface area contributed by atoms with Gasteiger partial charge in [0, 0.05) is 63.5 Å². The number of hydrogen-bond acceptors (Lipinski definition) is 7. The predicted octanol–water partition coefficient (Wildman–Crippen LogP) is 1.33. The SMILES string of the molecule is COCC1(C=O)CCN(CC(=O)N2CCN(c3ccc(-c4ncccn4)cc3)CC2)C1. The van der Waals surface area contributed by atoms with E-state index in [1.807, 2.05) is 17.0 Å². The highest BCUT2D eigenvalue weighted by atomic mass is 16.5. The number of piperazine rings is 1. The van der Waals surface area contributed by atoms with Gasteiger partial charge in [-0.3, -0.25) is 9.69 Å². The van der Waals surface area contributed by atoms with Crippen molar-refractivity contribution in [2.24, 2.45) is 5.41 Å². The first-order valence-electron chi connectivity index (χ1n) is 10.7. The monoisotopic (exact) mass is 423 g/mol. The number of ether oxygens (including phenoxy) is 1. The summed E-state index contributed by atoms with van der Waals surface area (Å²) in [7, 11) is 1.61. The van der Waals surface area contributed by atoms with Crippen molar-refractivity contribution >= 4 is 17.9 Å². The van der Waals surface area contributed by atoms with Gasteiger partial charge in [-0.25, -0.2) is 9.97 Å². The summed E-state index contributed by atoms with van der Waals surface area (Å²) in [5.74, 6) is 0.853. The Balaban J connectivity index is 1.28. The predicted molar refractivity (Wildman–Crippen MR) is 118 cm³/mol. The van der Waals surface area contributed by atoms with Crippen molar-refractivity contribution in [1.82, 2.24) is 19.8 Å². The molecule has 0 spiro atoms. The maximum Gasteiger partial charge on any atom is 0.236 e. The molecule has 4 rings (SSSR count). The lowest BCUT2D eigenvalue weighted by molar-refractivity contribution is -0.133. The molecular formula is C23H29N5O3. The standard InChI is InChI=1S/C23H29N5O3/c1-31-18-23(17-29)7-10-26(16-23)15-21(30)28-13-11-27(12-14-28)20-5-3-19(4-6-20)22-24-8-2-9-25-22/h2-6,8-9,17H,7,10-16,18H2,1H3. The van der Waals surface area contributed by atoms with Gasteiger partial charge in [0.25, 0.3) is 0 Å². The van der Waals surface area contributed by atoms with Gasteiger partial charge in [0.15, 0.2) is 5.82 Å². The molecule has 0 aliphatic carbocycles. The summed E-state index contributed by atoms with van der Waals surface area (Å²) < 4.78 is 5.21. The largest absolute Gasteiger partial charge is 0.384 e. The molecule has 2 aromatic rings. The lowest BCUT2D eigenvalue weighted by Gasteiger charge is -2.37. The van der Waals surface area contributed by atoms with Gasteiger partial charge in [-0.1, -0.05) is 0 Å². The van der Waals surface area contributed by atoms with Crippen LogP contribution in [0.3, 0.4) is 0 Å². The molecule has 1 atom stereocenters. The van der Waals surface area contributed by atoms with Crippen LogP contribution in [0.15, 0.2) is 42.7 Å². The first-order valence-corrected chi connectivity index (χ1v) is 10.7. The highest BCUT2D eigenvalue weighted by Crippen LogP contribution is 2.28. The van der Waals surface area contributed by atoms with Crippen LogP contribution in [-0.4, -0.2) is 91.5 Å². The van der Waals surface area contributed by atoms with Crippen LogP contribution in [0.2, 0.25) is 0 Å². The molecule has 164 valence electrons. The number of hydrogen-bond donors (Lipinski definition) is 0. The topological polar surface area (TPSA) is 78.9 Å². The zero-order valence-corrected chi connectivity index (χ0v) is 17.9. The molecular weight excluding hydrogens is 394 g/mol. The minimum absolute atomic E-state index is 0.135. The van der Waals surface area contributed by atoms with E-state index in [0.717, 1.165) is 49.4 Å². The number of aromatic nitrogens is 2. The van der Waals surface area contributed by atoms with Gasteiger partial charge in [-0.2, -0.15) is 0 Å². The lowest BCUT2D eigenvalue weighted by Crippen LogP contribution is -2.51. The summed E-state index contributed by atoms with van der Waals surface area (Å²) in [5.41, 5.74) is 1.66. The number of nitrogens with zero attached hydrogens (tertiary/aromatic N) is 5. The number of carbonyl (C=O) groups is 2. The van der Waals surface area contributed by atoms with E-state index < -0.39 is 5.41 Å². The smallest absolute Gasteiger partial charge is 0.236 e. The maximum absolute atomic E-state index is 12.8. The highest BCUT2D eigenvalue weighted by Gasteiger charge is 2.39. The van der Waals surface area contributed by atoms with E-state index in [0.29, 0.717) is 32.8 Å². The van der Waals surface area contributed by atoms with E-state index >= 15 is 0 Å². The quantitative estimate of drug-likeness (QED) is 0.622. The van der Waals surface area contributed by atoms with E-state index in [2.05, 4.69) is 31.9 Å². The van der Waals surface area contributed by atoms with Crippen LogP contribution in [-0.2, 0) is 14.3 Å². The van der Waals surface area contributed by atoms with E-state index in [-0.39, 0.29) is 5.91 Å². The van der Waals surface area contributed by atoms with Gasteiger partial charge in [0.05, 0.1) is 18.6 Å². The number of rotatable bonds is 7. The molecule has 1 aromatic heterocycles. The van der Waals surface area contributed by atoms with Crippen molar-refractivity contribution in [3.8, 4) is 11.4 Å². The van der Waals surface area contributed by atoms with E-state index in [4.69, 9.17) is 4.74 Å². The van der Waals surface area contributed by atoms with Crippen molar-refractivity contribution < 1.29 is 14.3 Å². The van der Waals surface area contributed by atoms with Crippen LogP contribution >= 0.6 is 0 Å². The molecule has 0 saturated carbocycles. The average molecular weight is 424 g/mol. The third-order valence-electron chi connectivity index (χ3n) is 6.19. The third-order valence-corrected chi connectivity index (χ3v) is 6.19. The second-order valence-corrected chi connectivity index (χ2v) is 8.36. The Labute approximate surface area is 182 Å². The fourth-order valence-electron chi connectivity index (χ4n) is 4.43. The minimum Gasteiger partial charge on any atom is -0.384 e. The fraction of sp³-hybridized carbons (Fsp3) is 0.478. The molecule has 2 aliphatic rings. The Morgan fingerprint density at radius 2 is 1.81 bits per heavy atom. The molecule has 2 saturated heterocycles. The van der Waals surface area contributed by atoms with Gasteiger partial charge < -0.3 is 19.3 Å². The van der Waals surface area contributed by atoms with Gasteiger partial charge in [0.1, 0.15) is 6.29 Å². The van der Waals surface area contributed by atoms with Crippen molar-refractivity contribution in [3.63, 3.8) is 0 Å². The number of benzene rings is 1. The van der Waals surface area contributed by atoms with Gasteiger partial charge in [0.2, 0.25) is 5.91 Å². The molecule has 0 N–H and O–H groups in total. The number of carbonyl (C=O) groups excluding carboxylic acids is 2. The molecule has 0 bridgehead atoms. The Hall–Kier alpha value is -2.84. The van der Waals surface area contributed by atoms with E-state index in [1.54, 1.807) is 25.6 Å².